The number of aromatic nitrogens is 4. The van der Waals surface area contributed by atoms with Crippen LogP contribution in [0.3, 0.4) is 0 Å². The quantitative estimate of drug-likeness (QED) is 0.130. The van der Waals surface area contributed by atoms with Gasteiger partial charge in [-0.15, -0.1) is 42.0 Å². The van der Waals surface area contributed by atoms with Gasteiger partial charge in [0.1, 0.15) is 4.83 Å². The summed E-state index contributed by atoms with van der Waals surface area (Å²) in [6.07, 6.45) is 2.08. The van der Waals surface area contributed by atoms with Crippen LogP contribution in [0.5, 0.6) is 0 Å². The molecule has 0 unspecified atom stereocenters. The third kappa shape index (κ3) is 7.37. The second kappa shape index (κ2) is 15.4. The van der Waals surface area contributed by atoms with Crippen LogP contribution in [0.4, 0.5) is 0 Å². The van der Waals surface area contributed by atoms with Gasteiger partial charge in [-0.05, 0) is 92.3 Å². The molecule has 0 fully saturated rings. The summed E-state index contributed by atoms with van der Waals surface area (Å²) in [5.74, 6) is 0.911. The van der Waals surface area contributed by atoms with Crippen LogP contribution in [0.1, 0.15) is 37.6 Å². The Kier molecular flexibility index (Phi) is 10.6. The molecular formula is C50H44IrN4S2Si-2. The number of pyridine rings is 2. The molecule has 4 nitrogen and oxygen atoms in total. The molecule has 5 aromatic heterocycles. The standard InChI is InChI=1S/C29H24N3S.C21H20NSSi.Ir/c1-18-12-17-22-21-8-7-9-23(26(21)33-28(22)30-18)27-31-24-10-5-6-11-25(24)32(27)20-15-13-19(14-16-20)29(2,3)4;1-14-11-18(22-13-21(14)24(2,3)4)15-9-10-20-17(12-15)16-7-5-6-8-19(16)23-20;/h5-8,10-17H,1-4H3;5-8,10-13H,1-4H3;/q2*-1;. The summed E-state index contributed by atoms with van der Waals surface area (Å²) >= 11 is 3.55. The first kappa shape index (κ1) is 40.0. The summed E-state index contributed by atoms with van der Waals surface area (Å²) in [6.45, 7) is 18.1. The third-order valence-corrected chi connectivity index (χ3v) is 15.1. The van der Waals surface area contributed by atoms with Crippen LogP contribution in [-0.4, -0.2) is 27.6 Å². The topological polar surface area (TPSA) is 43.6 Å². The van der Waals surface area contributed by atoms with Gasteiger partial charge in [0.05, 0.1) is 24.9 Å². The van der Waals surface area contributed by atoms with Gasteiger partial charge in [0.25, 0.3) is 0 Å². The number of hydrogen-bond acceptors (Lipinski definition) is 5. The van der Waals surface area contributed by atoms with Crippen molar-refractivity contribution in [2.45, 2.75) is 59.7 Å². The zero-order chi connectivity index (χ0) is 39.6. The Hall–Kier alpha value is -4.82. The average Bonchev–Trinajstić information content (AvgIpc) is 3.88. The van der Waals surface area contributed by atoms with Crippen LogP contribution in [0.2, 0.25) is 19.6 Å². The molecule has 0 saturated heterocycles. The van der Waals surface area contributed by atoms with E-state index in [1.165, 1.54) is 52.0 Å². The van der Waals surface area contributed by atoms with E-state index in [2.05, 4.69) is 173 Å². The van der Waals surface area contributed by atoms with Gasteiger partial charge >= 0.3 is 0 Å². The molecule has 0 atom stereocenters. The van der Waals surface area contributed by atoms with Crippen LogP contribution in [-0.2, 0) is 25.5 Å². The first-order valence-electron chi connectivity index (χ1n) is 19.4. The summed E-state index contributed by atoms with van der Waals surface area (Å²) in [5, 5.41) is 6.46. The maximum absolute atomic E-state index is 5.09. The predicted octanol–water partition coefficient (Wildman–Crippen LogP) is 13.6. The number of hydrogen-bond donors (Lipinski definition) is 0. The number of imidazole rings is 1. The second-order valence-electron chi connectivity index (χ2n) is 16.9. The number of benzene rings is 5. The molecular weight excluding hydrogens is 941 g/mol. The zero-order valence-corrected chi connectivity index (χ0v) is 39.0. The summed E-state index contributed by atoms with van der Waals surface area (Å²) in [4.78, 5) is 15.7. The smallest absolute Gasteiger partial charge is 0.113 e. The van der Waals surface area contributed by atoms with Gasteiger partial charge in [0, 0.05) is 42.4 Å². The molecule has 0 aliphatic rings. The Bertz CT molecular complexity index is 3130. The largest absolute Gasteiger partial charge is 0.333 e. The molecule has 0 aliphatic heterocycles. The van der Waals surface area contributed by atoms with Crippen molar-refractivity contribution in [1.29, 1.82) is 0 Å². The molecule has 0 N–H and O–H groups in total. The molecule has 8 heteroatoms. The number of nitrogens with zero attached hydrogens (tertiary/aromatic N) is 4. The molecule has 0 amide bonds. The average molecular weight is 985 g/mol. The van der Waals surface area contributed by atoms with Gasteiger partial charge in [0.2, 0.25) is 0 Å². The molecule has 291 valence electrons. The Morgan fingerprint density at radius 2 is 1.47 bits per heavy atom. The van der Waals surface area contributed by atoms with E-state index >= 15 is 0 Å². The molecule has 0 bridgehead atoms. The Balaban J connectivity index is 0.000000167. The molecule has 5 heterocycles. The molecule has 0 spiro atoms. The summed E-state index contributed by atoms with van der Waals surface area (Å²) in [5.41, 5.74) is 10.1. The number of rotatable bonds is 4. The van der Waals surface area contributed by atoms with Gasteiger partial charge in [-0.3, -0.25) is 4.98 Å². The molecule has 0 saturated carbocycles. The summed E-state index contributed by atoms with van der Waals surface area (Å²) in [6, 6.07) is 47.7. The predicted molar refractivity (Wildman–Crippen MR) is 249 cm³/mol. The Morgan fingerprint density at radius 3 is 2.22 bits per heavy atom. The van der Waals surface area contributed by atoms with E-state index in [0.717, 1.165) is 49.9 Å². The van der Waals surface area contributed by atoms with E-state index < -0.39 is 8.07 Å². The van der Waals surface area contributed by atoms with E-state index in [1.807, 2.05) is 30.4 Å². The monoisotopic (exact) mass is 985 g/mol. The van der Waals surface area contributed by atoms with Crippen molar-refractivity contribution >= 4 is 87.4 Å². The Labute approximate surface area is 363 Å². The van der Waals surface area contributed by atoms with E-state index in [1.54, 1.807) is 11.3 Å². The minimum absolute atomic E-state index is 0. The van der Waals surface area contributed by atoms with E-state index in [9.17, 15) is 0 Å². The maximum atomic E-state index is 5.09. The van der Waals surface area contributed by atoms with Crippen LogP contribution in [0.15, 0.2) is 121 Å². The molecule has 58 heavy (non-hydrogen) atoms. The van der Waals surface area contributed by atoms with Gasteiger partial charge < -0.3 is 9.55 Å². The van der Waals surface area contributed by atoms with Gasteiger partial charge in [-0.1, -0.05) is 117 Å². The molecule has 0 aliphatic carbocycles. The van der Waals surface area contributed by atoms with Crippen LogP contribution in [0.25, 0.3) is 79.8 Å². The maximum Gasteiger partial charge on any atom is 0.113 e. The summed E-state index contributed by atoms with van der Waals surface area (Å²) in [7, 11) is -1.34. The van der Waals surface area contributed by atoms with Crippen molar-refractivity contribution < 1.29 is 20.1 Å². The van der Waals surface area contributed by atoms with Crippen LogP contribution in [0, 0.1) is 26.0 Å². The fourth-order valence-electron chi connectivity index (χ4n) is 7.75. The zero-order valence-electron chi connectivity index (χ0n) is 34.0. The first-order chi connectivity index (χ1) is 27.3. The van der Waals surface area contributed by atoms with Crippen molar-refractivity contribution in [3.8, 4) is 28.3 Å². The number of aryl methyl sites for hydroxylation is 2. The molecule has 10 aromatic rings. The van der Waals surface area contributed by atoms with Crippen molar-refractivity contribution in [3.05, 3.63) is 150 Å². The molecule has 5 aromatic carbocycles. The van der Waals surface area contributed by atoms with Crippen LogP contribution < -0.4 is 5.19 Å². The van der Waals surface area contributed by atoms with Gasteiger partial charge in [-0.25, -0.2) is 4.98 Å². The van der Waals surface area contributed by atoms with Crippen LogP contribution >= 0.6 is 22.7 Å². The summed E-state index contributed by atoms with van der Waals surface area (Å²) < 4.78 is 6.05. The normalized spacial score (nSPS) is 12.0. The van der Waals surface area contributed by atoms with Crippen molar-refractivity contribution in [1.82, 2.24) is 19.5 Å². The third-order valence-electron chi connectivity index (χ3n) is 10.7. The van der Waals surface area contributed by atoms with Gasteiger partial charge in [0.15, 0.2) is 0 Å². The number of fused-ring (bicyclic) bond motifs is 7. The molecule has 10 rings (SSSR count). The fourth-order valence-corrected chi connectivity index (χ4v) is 11.7. The van der Waals surface area contributed by atoms with Crippen molar-refractivity contribution in [3.63, 3.8) is 0 Å². The van der Waals surface area contributed by atoms with E-state index in [4.69, 9.17) is 15.0 Å². The minimum atomic E-state index is -1.34. The fraction of sp³-hybridized carbons (Fsp3) is 0.180. The second-order valence-corrected chi connectivity index (χ2v) is 24.0. The number of para-hydroxylation sites is 2. The van der Waals surface area contributed by atoms with E-state index in [-0.39, 0.29) is 25.5 Å². The van der Waals surface area contributed by atoms with E-state index in [0.29, 0.717) is 0 Å². The minimum Gasteiger partial charge on any atom is -0.333 e. The SMILES string of the molecule is Cc1cc(-c2[c-]cc3sc4ccccc4c3c2)ncc1[Si](C)(C)C.Cc1ccc2c(n1)sc1c(-c3nc4ccccc4n3-c3ccc(C(C)(C)C)cc3)[c-]ccc12.[Ir]. The van der Waals surface area contributed by atoms with Crippen molar-refractivity contribution in [2.75, 3.05) is 0 Å². The van der Waals surface area contributed by atoms with Crippen molar-refractivity contribution in [2.24, 2.45) is 0 Å². The number of thiophene rings is 2. The molecule has 1 radical (unpaired) electrons. The van der Waals surface area contributed by atoms with Gasteiger partial charge in [-0.2, -0.15) is 22.7 Å². The first-order valence-corrected chi connectivity index (χ1v) is 24.6. The Morgan fingerprint density at radius 1 is 0.707 bits per heavy atom.